The summed E-state index contributed by atoms with van der Waals surface area (Å²) in [6.07, 6.45) is 3.69. The second kappa shape index (κ2) is 6.11. The van der Waals surface area contributed by atoms with Gasteiger partial charge in [-0.25, -0.2) is 5.84 Å². The molecule has 0 amide bonds. The van der Waals surface area contributed by atoms with Crippen LogP contribution >= 0.6 is 11.6 Å². The average Bonchev–Trinajstić information content (AvgIpc) is 2.43. The number of amidine groups is 1. The highest BCUT2D eigenvalue weighted by molar-refractivity contribution is 7.90. The molecule has 1 aromatic rings. The fraction of sp³-hybridized carbons (Fsp3) is 0.462. The van der Waals surface area contributed by atoms with Crippen LogP contribution in [0.3, 0.4) is 0 Å². The quantitative estimate of drug-likeness (QED) is 0.515. The minimum Gasteiger partial charge on any atom is -0.262 e. The van der Waals surface area contributed by atoms with Crippen molar-refractivity contribution in [2.75, 3.05) is 5.01 Å². The fourth-order valence-electron chi connectivity index (χ4n) is 2.12. The Morgan fingerprint density at radius 1 is 1.35 bits per heavy atom. The monoisotopic (exact) mass is 315 g/mol. The van der Waals surface area contributed by atoms with Gasteiger partial charge in [-0.3, -0.25) is 5.01 Å². The lowest BCUT2D eigenvalue weighted by atomic mass is 10.1. The summed E-state index contributed by atoms with van der Waals surface area (Å²) in [5, 5.41) is 0.773. The number of unbranched alkanes of at least 4 members (excludes halogenated alkanes) is 2. The number of halogens is 1. The number of hydrogen-bond donors (Lipinski definition) is 1. The predicted octanol–water partition coefficient (Wildman–Crippen LogP) is 2.66. The molecule has 2 rings (SSSR count). The average molecular weight is 316 g/mol. The van der Waals surface area contributed by atoms with Gasteiger partial charge in [0.25, 0.3) is 10.0 Å². The van der Waals surface area contributed by atoms with E-state index in [9.17, 15) is 8.42 Å². The number of nitrogens with two attached hydrogens (primary N) is 1. The summed E-state index contributed by atoms with van der Waals surface area (Å²) in [5.74, 6) is 6.17. The molecule has 0 saturated heterocycles. The fourth-order valence-corrected chi connectivity index (χ4v) is 3.73. The van der Waals surface area contributed by atoms with Gasteiger partial charge in [-0.1, -0.05) is 38.3 Å². The van der Waals surface area contributed by atoms with Crippen LogP contribution in [-0.2, 0) is 10.0 Å². The van der Waals surface area contributed by atoms with Gasteiger partial charge in [-0.15, -0.1) is 16.0 Å². The number of anilines is 1. The maximum Gasteiger partial charge on any atom is 0.286 e. The lowest BCUT2D eigenvalue weighted by Gasteiger charge is -2.28. The predicted molar refractivity (Wildman–Crippen MR) is 81.5 cm³/mol. The zero-order valence-electron chi connectivity index (χ0n) is 11.3. The first-order valence-electron chi connectivity index (χ1n) is 6.60. The molecular formula is C13H18ClN3O2S. The molecule has 0 fully saturated rings. The van der Waals surface area contributed by atoms with Crippen molar-refractivity contribution in [3.05, 3.63) is 24.3 Å². The third-order valence-corrected chi connectivity index (χ3v) is 4.95. The van der Waals surface area contributed by atoms with Gasteiger partial charge in [0.1, 0.15) is 4.90 Å². The molecule has 1 aliphatic heterocycles. The van der Waals surface area contributed by atoms with Gasteiger partial charge < -0.3 is 0 Å². The van der Waals surface area contributed by atoms with Gasteiger partial charge in [0.2, 0.25) is 0 Å². The van der Waals surface area contributed by atoms with E-state index < -0.39 is 15.4 Å². The smallest absolute Gasteiger partial charge is 0.262 e. The number of para-hydroxylation sites is 1. The Bertz CT molecular complexity index is 616. The Hall–Kier alpha value is -1.11. The van der Waals surface area contributed by atoms with Crippen molar-refractivity contribution in [1.29, 1.82) is 0 Å². The Balaban J connectivity index is 2.30. The standard InChI is InChI=1S/C13H18ClN3O2S/c1-2-3-4-7-10(14)13-16-20(18,19)12-9-6-5-8-11(12)17(13)15/h5-6,8-10H,2-4,7,15H2,1H3. The molecule has 5 nitrogen and oxygen atoms in total. The van der Waals surface area contributed by atoms with Gasteiger partial charge in [-0.2, -0.15) is 8.42 Å². The van der Waals surface area contributed by atoms with Gasteiger partial charge in [0.15, 0.2) is 5.84 Å². The van der Waals surface area contributed by atoms with E-state index in [2.05, 4.69) is 11.3 Å². The van der Waals surface area contributed by atoms with E-state index in [-0.39, 0.29) is 10.7 Å². The Morgan fingerprint density at radius 3 is 2.75 bits per heavy atom. The molecule has 0 aromatic heterocycles. The molecule has 110 valence electrons. The molecule has 0 spiro atoms. The summed E-state index contributed by atoms with van der Waals surface area (Å²) in [5.41, 5.74) is 0.415. The van der Waals surface area contributed by atoms with Crippen molar-refractivity contribution >= 4 is 33.1 Å². The Morgan fingerprint density at radius 2 is 2.05 bits per heavy atom. The first-order valence-corrected chi connectivity index (χ1v) is 8.48. The van der Waals surface area contributed by atoms with Gasteiger partial charge in [0.05, 0.1) is 11.1 Å². The Labute approximate surface area is 124 Å². The minimum absolute atomic E-state index is 0.115. The molecular weight excluding hydrogens is 298 g/mol. The van der Waals surface area contributed by atoms with Gasteiger partial charge >= 0.3 is 0 Å². The summed E-state index contributed by atoms with van der Waals surface area (Å²) in [6, 6.07) is 6.52. The van der Waals surface area contributed by atoms with Crippen molar-refractivity contribution < 1.29 is 8.42 Å². The lowest BCUT2D eigenvalue weighted by molar-refractivity contribution is 0.596. The van der Waals surface area contributed by atoms with E-state index in [0.29, 0.717) is 12.1 Å². The van der Waals surface area contributed by atoms with E-state index in [4.69, 9.17) is 17.4 Å². The van der Waals surface area contributed by atoms with Crippen LogP contribution in [0.15, 0.2) is 33.6 Å². The maximum absolute atomic E-state index is 12.1. The summed E-state index contributed by atoms with van der Waals surface area (Å²) >= 11 is 6.27. The summed E-state index contributed by atoms with van der Waals surface area (Å²) in [6.45, 7) is 2.09. The van der Waals surface area contributed by atoms with E-state index in [1.54, 1.807) is 18.2 Å². The van der Waals surface area contributed by atoms with E-state index in [1.165, 1.54) is 11.1 Å². The lowest BCUT2D eigenvalue weighted by Crippen LogP contribution is -2.45. The van der Waals surface area contributed by atoms with Crippen molar-refractivity contribution in [2.45, 2.75) is 42.9 Å². The van der Waals surface area contributed by atoms with Crippen molar-refractivity contribution in [3.8, 4) is 0 Å². The van der Waals surface area contributed by atoms with Crippen LogP contribution < -0.4 is 10.9 Å². The van der Waals surface area contributed by atoms with Crippen LogP contribution in [0, 0.1) is 0 Å². The first kappa shape index (κ1) is 15.3. The third kappa shape index (κ3) is 2.97. The summed E-state index contributed by atoms with van der Waals surface area (Å²) in [4.78, 5) is 0.115. The molecule has 0 radical (unpaired) electrons. The van der Waals surface area contributed by atoms with Gasteiger partial charge in [0, 0.05) is 0 Å². The van der Waals surface area contributed by atoms with Crippen LogP contribution in [0.1, 0.15) is 32.6 Å². The highest BCUT2D eigenvalue weighted by atomic mass is 35.5. The largest absolute Gasteiger partial charge is 0.286 e. The van der Waals surface area contributed by atoms with Crippen molar-refractivity contribution in [3.63, 3.8) is 0 Å². The number of hydrazine groups is 1. The molecule has 0 aliphatic carbocycles. The minimum atomic E-state index is -3.72. The number of fused-ring (bicyclic) bond motifs is 1. The van der Waals surface area contributed by atoms with Crippen LogP contribution in [0.4, 0.5) is 5.69 Å². The van der Waals surface area contributed by atoms with Crippen molar-refractivity contribution in [1.82, 2.24) is 0 Å². The molecule has 1 aromatic carbocycles. The highest BCUT2D eigenvalue weighted by Gasteiger charge is 2.32. The second-order valence-electron chi connectivity index (χ2n) is 4.73. The molecule has 7 heteroatoms. The SMILES string of the molecule is CCCCCC(Cl)C1=NS(=O)(=O)c2ccccc2N1N. The Kier molecular flexibility index (Phi) is 4.67. The number of alkyl halides is 1. The number of benzene rings is 1. The summed E-state index contributed by atoms with van der Waals surface area (Å²) in [7, 11) is -3.72. The number of hydrogen-bond acceptors (Lipinski definition) is 4. The zero-order chi connectivity index (χ0) is 14.8. The number of rotatable bonds is 5. The normalized spacial score (nSPS) is 18.4. The van der Waals surface area contributed by atoms with Crippen LogP contribution in [0.5, 0.6) is 0 Å². The maximum atomic E-state index is 12.1. The molecule has 0 saturated carbocycles. The van der Waals surface area contributed by atoms with Crippen LogP contribution in [-0.4, -0.2) is 19.6 Å². The van der Waals surface area contributed by atoms with E-state index in [0.717, 1.165) is 19.3 Å². The number of sulfonamides is 1. The third-order valence-electron chi connectivity index (χ3n) is 3.20. The first-order chi connectivity index (χ1) is 9.47. The van der Waals surface area contributed by atoms with Crippen LogP contribution in [0.2, 0.25) is 0 Å². The summed E-state index contributed by atoms with van der Waals surface area (Å²) < 4.78 is 28.0. The molecule has 0 bridgehead atoms. The van der Waals surface area contributed by atoms with E-state index in [1.807, 2.05) is 0 Å². The van der Waals surface area contributed by atoms with Crippen LogP contribution in [0.25, 0.3) is 0 Å². The molecule has 1 heterocycles. The molecule has 2 N–H and O–H groups in total. The number of nitrogens with zero attached hydrogens (tertiary/aromatic N) is 2. The van der Waals surface area contributed by atoms with E-state index >= 15 is 0 Å². The molecule has 20 heavy (non-hydrogen) atoms. The zero-order valence-corrected chi connectivity index (χ0v) is 12.9. The topological polar surface area (TPSA) is 75.8 Å². The van der Waals surface area contributed by atoms with Gasteiger partial charge in [-0.05, 0) is 18.6 Å². The molecule has 1 atom stereocenters. The van der Waals surface area contributed by atoms with Crippen molar-refractivity contribution in [2.24, 2.45) is 10.2 Å². The molecule has 1 aliphatic rings. The highest BCUT2D eigenvalue weighted by Crippen LogP contribution is 2.31. The molecule has 1 unspecified atom stereocenters. The second-order valence-corrected chi connectivity index (χ2v) is 6.82.